The summed E-state index contributed by atoms with van der Waals surface area (Å²) in [7, 11) is 0. The van der Waals surface area contributed by atoms with Gasteiger partial charge in [-0.25, -0.2) is 0 Å². The Bertz CT molecular complexity index is 2780. The number of furan rings is 1. The van der Waals surface area contributed by atoms with E-state index in [1.807, 2.05) is 0 Å². The molecule has 11 rings (SSSR count). The van der Waals surface area contributed by atoms with Crippen molar-refractivity contribution in [1.82, 2.24) is 0 Å². The Hall–Kier alpha value is -6.64. The summed E-state index contributed by atoms with van der Waals surface area (Å²) < 4.78 is 6.44. The van der Waals surface area contributed by atoms with Crippen LogP contribution in [0.3, 0.4) is 0 Å². The topological polar surface area (TPSA) is 16.4 Å². The molecule has 0 aliphatic heterocycles. The van der Waals surface area contributed by atoms with Crippen LogP contribution in [0.4, 0.5) is 17.1 Å². The van der Waals surface area contributed by atoms with E-state index in [9.17, 15) is 0 Å². The van der Waals surface area contributed by atoms with Crippen LogP contribution in [-0.4, -0.2) is 0 Å². The van der Waals surface area contributed by atoms with Gasteiger partial charge in [0, 0.05) is 27.8 Å². The number of hydrogen-bond donors (Lipinski definition) is 0. The molecule has 0 atom stereocenters. The van der Waals surface area contributed by atoms with Gasteiger partial charge in [0.05, 0.1) is 0 Å². The molecule has 0 saturated heterocycles. The van der Waals surface area contributed by atoms with Crippen molar-refractivity contribution in [3.63, 3.8) is 0 Å². The largest absolute Gasteiger partial charge is 0.456 e. The van der Waals surface area contributed by atoms with Crippen molar-refractivity contribution in [2.75, 3.05) is 4.90 Å². The van der Waals surface area contributed by atoms with Crippen LogP contribution < -0.4 is 4.90 Å². The summed E-state index contributed by atoms with van der Waals surface area (Å²) in [6, 6.07) is 64.2. The number of nitrogens with zero attached hydrogens (tertiary/aromatic N) is 1. The Morgan fingerprint density at radius 1 is 0.310 bits per heavy atom. The van der Waals surface area contributed by atoms with Crippen molar-refractivity contribution < 1.29 is 4.42 Å². The maximum atomic E-state index is 6.44. The van der Waals surface area contributed by atoms with E-state index in [0.717, 1.165) is 53.9 Å². The van der Waals surface area contributed by atoms with E-state index < -0.39 is 0 Å². The molecule has 8 aromatic carbocycles. The van der Waals surface area contributed by atoms with Crippen LogP contribution in [0.2, 0.25) is 0 Å². The zero-order chi connectivity index (χ0) is 38.4. The van der Waals surface area contributed by atoms with Gasteiger partial charge in [-0.1, -0.05) is 121 Å². The second-order valence-corrected chi connectivity index (χ2v) is 16.1. The average molecular weight is 748 g/mol. The fourth-order valence-corrected chi connectivity index (χ4v) is 9.95. The van der Waals surface area contributed by atoms with Crippen LogP contribution >= 0.6 is 0 Å². The maximum absolute atomic E-state index is 6.44. The van der Waals surface area contributed by atoms with Crippen LogP contribution in [0.5, 0.6) is 0 Å². The van der Waals surface area contributed by atoms with Crippen molar-refractivity contribution in [3.05, 3.63) is 198 Å². The Morgan fingerprint density at radius 3 is 1.19 bits per heavy atom. The molecule has 0 amide bonds. The first kappa shape index (κ1) is 34.6. The number of rotatable bonds is 7. The summed E-state index contributed by atoms with van der Waals surface area (Å²) in [5.74, 6) is 0. The van der Waals surface area contributed by atoms with Crippen molar-refractivity contribution in [2.24, 2.45) is 0 Å². The lowest BCUT2D eigenvalue weighted by Gasteiger charge is -2.32. The third kappa shape index (κ3) is 6.12. The molecule has 2 nitrogen and oxygen atoms in total. The van der Waals surface area contributed by atoms with Gasteiger partial charge in [0.25, 0.3) is 0 Å². The molecule has 0 spiro atoms. The highest BCUT2D eigenvalue weighted by molar-refractivity contribution is 6.06. The molecule has 1 aromatic heterocycles. The summed E-state index contributed by atoms with van der Waals surface area (Å²) in [5.41, 5.74) is 22.2. The van der Waals surface area contributed by atoms with Crippen LogP contribution in [0, 0.1) is 0 Å². The van der Waals surface area contributed by atoms with E-state index in [4.69, 9.17) is 4.42 Å². The fourth-order valence-electron chi connectivity index (χ4n) is 9.95. The minimum atomic E-state index is 0.962. The Balaban J connectivity index is 1.01. The van der Waals surface area contributed by atoms with Crippen molar-refractivity contribution in [1.29, 1.82) is 0 Å². The number of fused-ring (bicyclic) bond motifs is 5. The monoisotopic (exact) mass is 747 g/mol. The fraction of sp³-hybridized carbons (Fsp3) is 0.143. The maximum Gasteiger partial charge on any atom is 0.136 e. The highest BCUT2D eigenvalue weighted by Gasteiger charge is 2.28. The van der Waals surface area contributed by atoms with Gasteiger partial charge in [-0.05, 0) is 173 Å². The van der Waals surface area contributed by atoms with Gasteiger partial charge >= 0.3 is 0 Å². The van der Waals surface area contributed by atoms with E-state index in [0.29, 0.717) is 0 Å². The van der Waals surface area contributed by atoms with E-state index in [2.05, 4.69) is 181 Å². The predicted octanol–water partition coefficient (Wildman–Crippen LogP) is 15.5. The number of benzene rings is 8. The normalized spacial score (nSPS) is 13.7. The number of anilines is 3. The van der Waals surface area contributed by atoms with Gasteiger partial charge < -0.3 is 9.32 Å². The minimum absolute atomic E-state index is 0.962. The second kappa shape index (κ2) is 14.7. The molecule has 2 aliphatic rings. The van der Waals surface area contributed by atoms with E-state index in [-0.39, 0.29) is 0 Å². The molecule has 0 unspecified atom stereocenters. The van der Waals surface area contributed by atoms with Gasteiger partial charge in [0.1, 0.15) is 11.2 Å². The molecule has 0 bridgehead atoms. The van der Waals surface area contributed by atoms with E-state index in [1.165, 1.54) is 81.0 Å². The van der Waals surface area contributed by atoms with Crippen LogP contribution in [0.15, 0.2) is 180 Å². The number of para-hydroxylation sites is 1. The van der Waals surface area contributed by atoms with E-state index in [1.54, 1.807) is 22.3 Å². The van der Waals surface area contributed by atoms with Gasteiger partial charge in [0.15, 0.2) is 0 Å². The molecule has 9 aromatic rings. The summed E-state index contributed by atoms with van der Waals surface area (Å²) >= 11 is 0. The van der Waals surface area contributed by atoms with Crippen molar-refractivity contribution in [2.45, 2.75) is 51.4 Å². The van der Waals surface area contributed by atoms with Gasteiger partial charge in [-0.15, -0.1) is 0 Å². The second-order valence-electron chi connectivity index (χ2n) is 16.1. The smallest absolute Gasteiger partial charge is 0.136 e. The average Bonchev–Trinajstić information content (AvgIpc) is 3.68. The van der Waals surface area contributed by atoms with Crippen LogP contribution in [0.25, 0.3) is 66.4 Å². The predicted molar refractivity (Wildman–Crippen MR) is 243 cm³/mol. The third-order valence-corrected chi connectivity index (χ3v) is 12.7. The SMILES string of the molecule is c1ccc(-c2ccc(N(c3ccc(-c4ccccc4)cc3)c3ccc(-c4c5c(c(-c6ccc7c(c6)oc6ccccc67)c6c4CCCC6)CCCC5)cc3)cc2)cc1. The molecular weight excluding hydrogens is 703 g/mol. The molecule has 2 aliphatic carbocycles. The summed E-state index contributed by atoms with van der Waals surface area (Å²) in [6.45, 7) is 0. The third-order valence-electron chi connectivity index (χ3n) is 12.7. The number of hydrogen-bond acceptors (Lipinski definition) is 2. The van der Waals surface area contributed by atoms with E-state index >= 15 is 0 Å². The zero-order valence-electron chi connectivity index (χ0n) is 32.8. The Labute approximate surface area is 341 Å². The first-order valence-corrected chi connectivity index (χ1v) is 21.1. The minimum Gasteiger partial charge on any atom is -0.456 e. The molecule has 0 fully saturated rings. The summed E-state index contributed by atoms with van der Waals surface area (Å²) in [5, 5.41) is 2.39. The van der Waals surface area contributed by atoms with Gasteiger partial charge in [-0.3, -0.25) is 0 Å². The lowest BCUT2D eigenvalue weighted by molar-refractivity contribution is 0.662. The van der Waals surface area contributed by atoms with Crippen LogP contribution in [-0.2, 0) is 25.7 Å². The molecular formula is C56H45NO. The quantitative estimate of drug-likeness (QED) is 0.161. The summed E-state index contributed by atoms with van der Waals surface area (Å²) in [4.78, 5) is 2.40. The zero-order valence-corrected chi connectivity index (χ0v) is 32.8. The standard InChI is InChI=1S/C56H45NO/c1-3-13-38(14-4-1)40-23-30-44(31-24-40)57(45-32-25-41(26-33-45)39-15-5-2-6-16-39)46-34-27-42(28-35-46)55-49-18-7-9-20-51(49)56(52-21-10-8-19-50(52)55)43-29-36-48-47-17-11-12-22-53(47)58-54(48)37-43/h1-6,11-17,22-37H,7-10,18-21H2. The molecule has 0 saturated carbocycles. The lowest BCUT2D eigenvalue weighted by Crippen LogP contribution is -2.15. The molecule has 2 heteroatoms. The molecule has 0 radical (unpaired) electrons. The first-order chi connectivity index (χ1) is 28.8. The van der Waals surface area contributed by atoms with Gasteiger partial charge in [0.2, 0.25) is 0 Å². The highest BCUT2D eigenvalue weighted by Crippen LogP contribution is 2.47. The van der Waals surface area contributed by atoms with Crippen LogP contribution in [0.1, 0.15) is 47.9 Å². The molecule has 280 valence electrons. The summed E-state index contributed by atoms with van der Waals surface area (Å²) in [6.07, 6.45) is 9.49. The Kier molecular flexibility index (Phi) is 8.77. The molecule has 1 heterocycles. The molecule has 58 heavy (non-hydrogen) atoms. The van der Waals surface area contributed by atoms with Gasteiger partial charge in [-0.2, -0.15) is 0 Å². The highest BCUT2D eigenvalue weighted by atomic mass is 16.3. The van der Waals surface area contributed by atoms with Crippen molar-refractivity contribution >= 4 is 39.0 Å². The molecule has 0 N–H and O–H groups in total. The first-order valence-electron chi connectivity index (χ1n) is 21.1. The Morgan fingerprint density at radius 2 is 0.690 bits per heavy atom. The van der Waals surface area contributed by atoms with Crippen molar-refractivity contribution in [3.8, 4) is 44.5 Å². The lowest BCUT2D eigenvalue weighted by atomic mass is 9.73.